The first-order valence-electron chi connectivity index (χ1n) is 6.73. The fourth-order valence-corrected chi connectivity index (χ4v) is 2.55. The Hall–Kier alpha value is -1.46. The van der Waals surface area contributed by atoms with Gasteiger partial charge in [-0.05, 0) is 38.9 Å². The molecule has 0 spiro atoms. The SMILES string of the molecule is CC1CC(NCCc2ccc([N+](=O)[O-])cc2)CN1C. The zero-order chi connectivity index (χ0) is 13.8. The first-order valence-corrected chi connectivity index (χ1v) is 6.73. The number of benzene rings is 1. The molecule has 0 aliphatic carbocycles. The van der Waals surface area contributed by atoms with Crippen LogP contribution < -0.4 is 5.32 Å². The van der Waals surface area contributed by atoms with Gasteiger partial charge in [-0.3, -0.25) is 10.1 Å². The van der Waals surface area contributed by atoms with Crippen LogP contribution in [0.25, 0.3) is 0 Å². The summed E-state index contributed by atoms with van der Waals surface area (Å²) in [5, 5.41) is 14.1. The molecule has 2 atom stereocenters. The predicted molar refractivity (Wildman–Crippen MR) is 75.3 cm³/mol. The van der Waals surface area contributed by atoms with Crippen molar-refractivity contribution in [2.24, 2.45) is 0 Å². The van der Waals surface area contributed by atoms with Gasteiger partial charge in [0.15, 0.2) is 0 Å². The molecule has 5 heteroatoms. The van der Waals surface area contributed by atoms with E-state index >= 15 is 0 Å². The molecule has 0 amide bonds. The summed E-state index contributed by atoms with van der Waals surface area (Å²) in [7, 11) is 2.16. The van der Waals surface area contributed by atoms with E-state index in [1.54, 1.807) is 12.1 Å². The van der Waals surface area contributed by atoms with E-state index in [0.717, 1.165) is 25.1 Å². The maximum Gasteiger partial charge on any atom is 0.269 e. The van der Waals surface area contributed by atoms with Crippen LogP contribution in [-0.2, 0) is 6.42 Å². The molecule has 1 saturated heterocycles. The number of hydrogen-bond acceptors (Lipinski definition) is 4. The van der Waals surface area contributed by atoms with Crippen LogP contribution in [0.5, 0.6) is 0 Å². The lowest BCUT2D eigenvalue weighted by Crippen LogP contribution is -2.32. The zero-order valence-electron chi connectivity index (χ0n) is 11.5. The van der Waals surface area contributed by atoms with Gasteiger partial charge in [-0.15, -0.1) is 0 Å². The van der Waals surface area contributed by atoms with Crippen molar-refractivity contribution in [1.82, 2.24) is 10.2 Å². The molecule has 0 bridgehead atoms. The summed E-state index contributed by atoms with van der Waals surface area (Å²) in [5.74, 6) is 0. The third-order valence-electron chi connectivity index (χ3n) is 3.88. The first-order chi connectivity index (χ1) is 9.06. The number of likely N-dealkylation sites (tertiary alicyclic amines) is 1. The summed E-state index contributed by atoms with van der Waals surface area (Å²) in [6, 6.07) is 8.03. The molecule has 0 saturated carbocycles. The number of nitrogens with zero attached hydrogens (tertiary/aromatic N) is 2. The lowest BCUT2D eigenvalue weighted by atomic mass is 10.1. The van der Waals surface area contributed by atoms with Crippen LogP contribution in [0.3, 0.4) is 0 Å². The molecule has 1 aliphatic rings. The number of nitro groups is 1. The van der Waals surface area contributed by atoms with Crippen molar-refractivity contribution >= 4 is 5.69 Å². The van der Waals surface area contributed by atoms with E-state index in [4.69, 9.17) is 0 Å². The third-order valence-corrected chi connectivity index (χ3v) is 3.88. The minimum atomic E-state index is -0.363. The molecule has 5 nitrogen and oxygen atoms in total. The fraction of sp³-hybridized carbons (Fsp3) is 0.571. The van der Waals surface area contributed by atoms with Crippen molar-refractivity contribution in [1.29, 1.82) is 0 Å². The molecule has 0 aromatic heterocycles. The number of nitro benzene ring substituents is 1. The average Bonchev–Trinajstić information content (AvgIpc) is 2.69. The zero-order valence-corrected chi connectivity index (χ0v) is 11.5. The van der Waals surface area contributed by atoms with Crippen LogP contribution in [-0.4, -0.2) is 42.0 Å². The normalized spacial score (nSPS) is 23.7. The monoisotopic (exact) mass is 263 g/mol. The summed E-state index contributed by atoms with van der Waals surface area (Å²) in [6.07, 6.45) is 2.10. The Kier molecular flexibility index (Phi) is 4.50. The van der Waals surface area contributed by atoms with Crippen LogP contribution in [0.1, 0.15) is 18.9 Å². The second-order valence-corrected chi connectivity index (χ2v) is 5.35. The molecule has 2 unspecified atom stereocenters. The molecule has 1 aromatic rings. The third kappa shape index (κ3) is 3.75. The van der Waals surface area contributed by atoms with Gasteiger partial charge in [0.25, 0.3) is 5.69 Å². The largest absolute Gasteiger partial charge is 0.312 e. The Labute approximate surface area is 113 Å². The second-order valence-electron chi connectivity index (χ2n) is 5.35. The molecule has 1 N–H and O–H groups in total. The van der Waals surface area contributed by atoms with Gasteiger partial charge in [-0.25, -0.2) is 0 Å². The standard InChI is InChI=1S/C14H21N3O2/c1-11-9-13(10-16(11)2)15-8-7-12-3-5-14(6-4-12)17(18)19/h3-6,11,13,15H,7-10H2,1-2H3. The van der Waals surface area contributed by atoms with Crippen LogP contribution in [0.2, 0.25) is 0 Å². The van der Waals surface area contributed by atoms with Gasteiger partial charge in [0, 0.05) is 30.8 Å². The summed E-state index contributed by atoms with van der Waals surface area (Å²) in [4.78, 5) is 12.6. The van der Waals surface area contributed by atoms with Gasteiger partial charge in [-0.1, -0.05) is 12.1 Å². The summed E-state index contributed by atoms with van der Waals surface area (Å²) in [6.45, 7) is 4.27. The Morgan fingerprint density at radius 2 is 2.11 bits per heavy atom. The molecular weight excluding hydrogens is 242 g/mol. The van der Waals surface area contributed by atoms with Crippen molar-refractivity contribution < 1.29 is 4.92 Å². The highest BCUT2D eigenvalue weighted by Crippen LogP contribution is 2.15. The summed E-state index contributed by atoms with van der Waals surface area (Å²) in [5.41, 5.74) is 1.29. The van der Waals surface area contributed by atoms with Gasteiger partial charge >= 0.3 is 0 Å². The predicted octanol–water partition coefficient (Wildman–Crippen LogP) is 1.82. The van der Waals surface area contributed by atoms with Crippen molar-refractivity contribution in [2.75, 3.05) is 20.1 Å². The van der Waals surface area contributed by atoms with Gasteiger partial charge in [0.05, 0.1) is 4.92 Å². The Bertz CT molecular complexity index is 423. The van der Waals surface area contributed by atoms with Gasteiger partial charge in [-0.2, -0.15) is 0 Å². The van der Waals surface area contributed by atoms with Crippen molar-refractivity contribution in [2.45, 2.75) is 31.8 Å². The van der Waals surface area contributed by atoms with Gasteiger partial charge < -0.3 is 10.2 Å². The van der Waals surface area contributed by atoms with E-state index in [0.29, 0.717) is 12.1 Å². The molecule has 104 valence electrons. The van der Waals surface area contributed by atoms with E-state index in [2.05, 4.69) is 24.2 Å². The Morgan fingerprint density at radius 3 is 2.63 bits per heavy atom. The lowest BCUT2D eigenvalue weighted by Gasteiger charge is -2.13. The number of rotatable bonds is 5. The van der Waals surface area contributed by atoms with E-state index < -0.39 is 0 Å². The molecule has 1 heterocycles. The number of likely N-dealkylation sites (N-methyl/N-ethyl adjacent to an activating group) is 1. The average molecular weight is 263 g/mol. The lowest BCUT2D eigenvalue weighted by molar-refractivity contribution is -0.384. The number of hydrogen-bond donors (Lipinski definition) is 1. The van der Waals surface area contributed by atoms with Gasteiger partial charge in [0.2, 0.25) is 0 Å². The number of non-ortho nitro benzene ring substituents is 1. The highest BCUT2D eigenvalue weighted by molar-refractivity contribution is 5.32. The second kappa shape index (κ2) is 6.12. The van der Waals surface area contributed by atoms with Crippen LogP contribution >= 0.6 is 0 Å². The Morgan fingerprint density at radius 1 is 1.42 bits per heavy atom. The molecule has 1 aromatic carbocycles. The molecular formula is C14H21N3O2. The Balaban J connectivity index is 1.75. The fourth-order valence-electron chi connectivity index (χ4n) is 2.55. The minimum absolute atomic E-state index is 0.156. The van der Waals surface area contributed by atoms with E-state index in [9.17, 15) is 10.1 Å². The molecule has 0 radical (unpaired) electrons. The van der Waals surface area contributed by atoms with Crippen molar-refractivity contribution in [3.8, 4) is 0 Å². The maximum atomic E-state index is 10.6. The van der Waals surface area contributed by atoms with E-state index in [-0.39, 0.29) is 10.6 Å². The van der Waals surface area contributed by atoms with Crippen LogP contribution in [0, 0.1) is 10.1 Å². The number of nitrogens with one attached hydrogen (secondary N) is 1. The summed E-state index contributed by atoms with van der Waals surface area (Å²) >= 11 is 0. The minimum Gasteiger partial charge on any atom is -0.312 e. The highest BCUT2D eigenvalue weighted by Gasteiger charge is 2.25. The molecule has 1 fully saturated rings. The maximum absolute atomic E-state index is 10.6. The van der Waals surface area contributed by atoms with Crippen LogP contribution in [0.15, 0.2) is 24.3 Å². The smallest absolute Gasteiger partial charge is 0.269 e. The highest BCUT2D eigenvalue weighted by atomic mass is 16.6. The topological polar surface area (TPSA) is 58.4 Å². The van der Waals surface area contributed by atoms with Crippen LogP contribution in [0.4, 0.5) is 5.69 Å². The van der Waals surface area contributed by atoms with E-state index in [1.165, 1.54) is 6.42 Å². The van der Waals surface area contributed by atoms with Crippen molar-refractivity contribution in [3.05, 3.63) is 39.9 Å². The van der Waals surface area contributed by atoms with Gasteiger partial charge in [0.1, 0.15) is 0 Å². The molecule has 2 rings (SSSR count). The summed E-state index contributed by atoms with van der Waals surface area (Å²) < 4.78 is 0. The van der Waals surface area contributed by atoms with E-state index in [1.807, 2.05) is 12.1 Å². The van der Waals surface area contributed by atoms with Crippen molar-refractivity contribution in [3.63, 3.8) is 0 Å². The quantitative estimate of drug-likeness (QED) is 0.650. The first kappa shape index (κ1) is 14.0. The molecule has 1 aliphatic heterocycles. The molecule has 19 heavy (non-hydrogen) atoms.